The summed E-state index contributed by atoms with van der Waals surface area (Å²) in [6.07, 6.45) is -4.16. The Bertz CT molecular complexity index is 1320. The molecule has 0 aromatic heterocycles. The average molecular weight is 550 g/mol. The predicted octanol–water partition coefficient (Wildman–Crippen LogP) is 3.36. The first kappa shape index (κ1) is 27.1. The van der Waals surface area contributed by atoms with E-state index in [2.05, 4.69) is 10.1 Å². The molecule has 39 heavy (non-hydrogen) atoms. The van der Waals surface area contributed by atoms with Crippen LogP contribution in [0.5, 0.6) is 5.75 Å². The van der Waals surface area contributed by atoms with Crippen LogP contribution in [0, 0.1) is 5.82 Å². The van der Waals surface area contributed by atoms with Crippen molar-refractivity contribution in [3.05, 3.63) is 64.5 Å². The van der Waals surface area contributed by atoms with Crippen LogP contribution in [0.25, 0.3) is 0 Å². The summed E-state index contributed by atoms with van der Waals surface area (Å²) < 4.78 is 56.8. The highest BCUT2D eigenvalue weighted by Crippen LogP contribution is 2.40. The van der Waals surface area contributed by atoms with Gasteiger partial charge in [0, 0.05) is 42.7 Å². The second-order valence-electron chi connectivity index (χ2n) is 10.5. The first-order chi connectivity index (χ1) is 18.3. The fourth-order valence-electron chi connectivity index (χ4n) is 5.57. The highest BCUT2D eigenvalue weighted by Gasteiger charge is 2.50. The van der Waals surface area contributed by atoms with Gasteiger partial charge in [0.1, 0.15) is 17.1 Å². The molecule has 8 nitrogen and oxygen atoms in total. The van der Waals surface area contributed by atoms with E-state index < -0.39 is 41.0 Å². The zero-order chi connectivity index (χ0) is 28.2. The lowest BCUT2D eigenvalue weighted by Gasteiger charge is -2.39. The highest BCUT2D eigenvalue weighted by molar-refractivity contribution is 6.07. The van der Waals surface area contributed by atoms with Gasteiger partial charge in [-0.05, 0) is 49.9 Å². The smallest absolute Gasteiger partial charge is 0.406 e. The molecule has 2 aromatic rings. The molecular formula is C27H27F4N3O5. The highest BCUT2D eigenvalue weighted by atomic mass is 19.4. The molecule has 0 aliphatic carbocycles. The number of likely N-dealkylation sites (tertiary alicyclic amines) is 1. The van der Waals surface area contributed by atoms with Crippen LogP contribution in [0.3, 0.4) is 0 Å². The third-order valence-electron chi connectivity index (χ3n) is 7.96. The number of fused-ring (bicyclic) bond motifs is 1. The Labute approximate surface area is 221 Å². The summed E-state index contributed by atoms with van der Waals surface area (Å²) in [7, 11) is 0. The molecule has 2 saturated heterocycles. The molecule has 0 saturated carbocycles. The molecule has 12 heteroatoms. The van der Waals surface area contributed by atoms with Gasteiger partial charge >= 0.3 is 6.36 Å². The monoisotopic (exact) mass is 549 g/mol. The first-order valence-corrected chi connectivity index (χ1v) is 12.6. The van der Waals surface area contributed by atoms with Crippen molar-refractivity contribution in [3.63, 3.8) is 0 Å². The Balaban J connectivity index is 1.27. The van der Waals surface area contributed by atoms with E-state index in [-0.39, 0.29) is 54.7 Å². The van der Waals surface area contributed by atoms with E-state index in [0.717, 1.165) is 5.56 Å². The number of hydrogen-bond donors (Lipinski definition) is 2. The molecule has 208 valence electrons. The van der Waals surface area contributed by atoms with Crippen LogP contribution in [0.1, 0.15) is 59.7 Å². The van der Waals surface area contributed by atoms with Gasteiger partial charge in [-0.1, -0.05) is 18.2 Å². The van der Waals surface area contributed by atoms with E-state index >= 15 is 4.39 Å². The van der Waals surface area contributed by atoms with Crippen LogP contribution in [-0.2, 0) is 28.3 Å². The summed E-state index contributed by atoms with van der Waals surface area (Å²) in [5.41, 5.74) is -1.69. The number of carbonyl (C=O) groups is 3. The number of piperidine rings is 2. The average Bonchev–Trinajstić information content (AvgIpc) is 3.22. The minimum Gasteiger partial charge on any atom is -0.406 e. The summed E-state index contributed by atoms with van der Waals surface area (Å²) >= 11 is 0. The molecule has 3 amide bonds. The maximum atomic E-state index is 15.8. The van der Waals surface area contributed by atoms with Crippen molar-refractivity contribution >= 4 is 17.7 Å². The van der Waals surface area contributed by atoms with Gasteiger partial charge in [-0.2, -0.15) is 0 Å². The summed E-state index contributed by atoms with van der Waals surface area (Å²) in [4.78, 5) is 40.6. The summed E-state index contributed by atoms with van der Waals surface area (Å²) in [6.45, 7) is 2.65. The molecule has 3 aliphatic heterocycles. The molecule has 2 N–H and O–H groups in total. The number of imide groups is 1. The second kappa shape index (κ2) is 9.60. The fourth-order valence-corrected chi connectivity index (χ4v) is 5.57. The molecule has 5 rings (SSSR count). The molecule has 0 spiro atoms. The van der Waals surface area contributed by atoms with E-state index in [1.165, 1.54) is 41.3 Å². The van der Waals surface area contributed by atoms with Crippen molar-refractivity contribution in [1.82, 2.24) is 15.1 Å². The number of alkyl halides is 3. The molecular weight excluding hydrogens is 522 g/mol. The number of carbonyl (C=O) groups excluding carboxylic acids is 3. The maximum Gasteiger partial charge on any atom is 0.573 e. The number of nitrogens with one attached hydrogen (secondary N) is 1. The van der Waals surface area contributed by atoms with Crippen LogP contribution in [0.2, 0.25) is 0 Å². The van der Waals surface area contributed by atoms with E-state index in [1.54, 1.807) is 6.92 Å². The van der Waals surface area contributed by atoms with Crippen LogP contribution in [0.15, 0.2) is 36.4 Å². The number of amides is 3. The summed E-state index contributed by atoms with van der Waals surface area (Å²) in [6, 6.07) is 8.44. The molecule has 0 radical (unpaired) electrons. The lowest BCUT2D eigenvalue weighted by molar-refractivity contribution is -0.274. The number of rotatable bonds is 5. The third kappa shape index (κ3) is 5.10. The number of nitrogens with zero attached hydrogens (tertiary/aromatic N) is 2. The van der Waals surface area contributed by atoms with Crippen molar-refractivity contribution in [2.24, 2.45) is 0 Å². The zero-order valence-corrected chi connectivity index (χ0v) is 21.1. The minimum atomic E-state index is -4.76. The molecule has 0 bridgehead atoms. The number of hydrogen-bond acceptors (Lipinski definition) is 6. The SMILES string of the molecule is CC1(N2Cc3c(ccc(C4(O)CCN(Cc5ccc(OC(F)(F)F)cc5)CC4)c3F)C2=O)CCC(=O)NC1=O. The Morgan fingerprint density at radius 1 is 1.03 bits per heavy atom. The second-order valence-corrected chi connectivity index (χ2v) is 10.5. The molecule has 1 unspecified atom stereocenters. The van der Waals surface area contributed by atoms with Crippen LogP contribution >= 0.6 is 0 Å². The van der Waals surface area contributed by atoms with Crippen LogP contribution in [-0.4, -0.2) is 57.6 Å². The quantitative estimate of drug-likeness (QED) is 0.439. The lowest BCUT2D eigenvalue weighted by atomic mass is 9.82. The van der Waals surface area contributed by atoms with Crippen molar-refractivity contribution in [2.75, 3.05) is 13.1 Å². The van der Waals surface area contributed by atoms with Crippen LogP contribution < -0.4 is 10.1 Å². The van der Waals surface area contributed by atoms with Crippen molar-refractivity contribution < 1.29 is 41.8 Å². The van der Waals surface area contributed by atoms with E-state index in [0.29, 0.717) is 19.6 Å². The van der Waals surface area contributed by atoms with Crippen molar-refractivity contribution in [1.29, 1.82) is 0 Å². The van der Waals surface area contributed by atoms with Gasteiger partial charge in [0.05, 0.1) is 12.1 Å². The summed E-state index contributed by atoms with van der Waals surface area (Å²) in [5, 5.41) is 13.6. The van der Waals surface area contributed by atoms with E-state index in [9.17, 15) is 32.7 Å². The van der Waals surface area contributed by atoms with Crippen molar-refractivity contribution in [3.8, 4) is 5.75 Å². The number of halogens is 4. The third-order valence-corrected chi connectivity index (χ3v) is 7.96. The van der Waals surface area contributed by atoms with Gasteiger partial charge in [0.15, 0.2) is 0 Å². The number of aliphatic hydroxyl groups is 1. The molecule has 3 heterocycles. The zero-order valence-electron chi connectivity index (χ0n) is 21.1. The Hall–Kier alpha value is -3.51. The van der Waals surface area contributed by atoms with Crippen molar-refractivity contribution in [2.45, 2.75) is 63.2 Å². The Morgan fingerprint density at radius 3 is 2.31 bits per heavy atom. The molecule has 3 aliphatic rings. The number of ether oxygens (including phenoxy) is 1. The molecule has 2 fully saturated rings. The van der Waals surface area contributed by atoms with E-state index in [1.807, 2.05) is 4.90 Å². The topological polar surface area (TPSA) is 99.2 Å². The Kier molecular flexibility index (Phi) is 6.66. The van der Waals surface area contributed by atoms with Crippen LogP contribution in [0.4, 0.5) is 17.6 Å². The largest absolute Gasteiger partial charge is 0.573 e. The van der Waals surface area contributed by atoms with Gasteiger partial charge in [-0.15, -0.1) is 13.2 Å². The number of benzene rings is 2. The minimum absolute atomic E-state index is 0.0673. The summed E-state index contributed by atoms with van der Waals surface area (Å²) in [5.74, 6) is -2.52. The Morgan fingerprint density at radius 2 is 1.69 bits per heavy atom. The maximum absolute atomic E-state index is 15.8. The fraction of sp³-hybridized carbons (Fsp3) is 0.444. The van der Waals surface area contributed by atoms with E-state index in [4.69, 9.17) is 0 Å². The standard InChI is InChI=1S/C27H27F4N3O5/c1-25(9-8-21(35)32-24(25)37)34-15-19-18(23(34)36)6-7-20(22(19)28)26(38)10-12-33(13-11-26)14-16-2-4-17(5-3-16)39-27(29,30)31/h2-7,38H,8-15H2,1H3,(H,32,35,37). The van der Waals surface area contributed by atoms with Gasteiger partial charge in [-0.3, -0.25) is 24.6 Å². The van der Waals surface area contributed by atoms with Gasteiger partial charge in [0.2, 0.25) is 5.91 Å². The predicted molar refractivity (Wildman–Crippen MR) is 129 cm³/mol. The molecule has 1 atom stereocenters. The first-order valence-electron chi connectivity index (χ1n) is 12.6. The van der Waals surface area contributed by atoms with Gasteiger partial charge in [0.25, 0.3) is 11.8 Å². The normalized spacial score (nSPS) is 23.5. The van der Waals surface area contributed by atoms with Gasteiger partial charge < -0.3 is 14.7 Å². The van der Waals surface area contributed by atoms with Gasteiger partial charge in [-0.25, -0.2) is 4.39 Å². The lowest BCUT2D eigenvalue weighted by Crippen LogP contribution is -2.61. The molecule has 2 aromatic carbocycles.